The third kappa shape index (κ3) is 3.36. The van der Waals surface area contributed by atoms with Crippen LogP contribution in [0.1, 0.15) is 21.6 Å². The lowest BCUT2D eigenvalue weighted by molar-refractivity contribution is 0.0697. The summed E-state index contributed by atoms with van der Waals surface area (Å²) in [7, 11) is 0. The van der Waals surface area contributed by atoms with Crippen molar-refractivity contribution in [3.8, 4) is 11.5 Å². The molecular formula is C24H20FN3O4S. The van der Waals surface area contributed by atoms with E-state index in [0.717, 1.165) is 0 Å². The number of hydrogen-bond acceptors (Lipinski definition) is 6. The number of carbonyl (C=O) groups is 1. The van der Waals surface area contributed by atoms with Gasteiger partial charge < -0.3 is 14.7 Å². The first-order chi connectivity index (χ1) is 15.9. The molecule has 5 rings (SSSR count). The lowest BCUT2D eigenvalue weighted by atomic mass is 9.95. The van der Waals surface area contributed by atoms with Gasteiger partial charge in [-0.1, -0.05) is 36.4 Å². The zero-order valence-corrected chi connectivity index (χ0v) is 18.3. The Morgan fingerprint density at radius 2 is 1.79 bits per heavy atom. The van der Waals surface area contributed by atoms with E-state index in [4.69, 9.17) is 17.4 Å². The summed E-state index contributed by atoms with van der Waals surface area (Å²) in [5.41, 5.74) is 0.425. The number of fused-ring (bicyclic) bond motifs is 5. The zero-order valence-electron chi connectivity index (χ0n) is 17.4. The molecule has 9 heteroatoms. The molecule has 168 valence electrons. The molecule has 0 saturated heterocycles. The van der Waals surface area contributed by atoms with Gasteiger partial charge in [0.05, 0.1) is 0 Å². The van der Waals surface area contributed by atoms with Gasteiger partial charge in [-0.3, -0.25) is 19.3 Å². The van der Waals surface area contributed by atoms with Crippen molar-refractivity contribution in [1.82, 2.24) is 9.58 Å². The van der Waals surface area contributed by atoms with Crippen molar-refractivity contribution < 1.29 is 19.0 Å². The number of ether oxygens (including phenoxy) is 1. The molecule has 2 aromatic carbocycles. The Kier molecular flexibility index (Phi) is 5.13. The molecule has 0 spiro atoms. The number of aromatic nitrogens is 1. The molecule has 2 bridgehead atoms. The van der Waals surface area contributed by atoms with Gasteiger partial charge in [-0.05, 0) is 29.8 Å². The van der Waals surface area contributed by atoms with Crippen LogP contribution in [0.15, 0.2) is 77.7 Å². The molecule has 2 aliphatic rings. The van der Waals surface area contributed by atoms with Gasteiger partial charge in [0, 0.05) is 24.4 Å². The number of thiol groups is 1. The second kappa shape index (κ2) is 8.00. The molecule has 1 N–H and O–H groups in total. The van der Waals surface area contributed by atoms with Gasteiger partial charge in [0.2, 0.25) is 5.43 Å². The minimum Gasteiger partial charge on any atom is -0.502 e. The number of rotatable bonds is 1. The van der Waals surface area contributed by atoms with Gasteiger partial charge in [0.25, 0.3) is 5.91 Å². The molecule has 0 unspecified atom stereocenters. The summed E-state index contributed by atoms with van der Waals surface area (Å²) in [5.74, 6) is -0.985. The second-order valence-corrected chi connectivity index (χ2v) is 8.40. The van der Waals surface area contributed by atoms with E-state index in [1.807, 2.05) is 24.3 Å². The van der Waals surface area contributed by atoms with E-state index in [0.29, 0.717) is 16.9 Å². The van der Waals surface area contributed by atoms with E-state index in [1.54, 1.807) is 29.3 Å². The molecule has 0 saturated carbocycles. The molecule has 0 radical (unpaired) electrons. The van der Waals surface area contributed by atoms with E-state index in [9.17, 15) is 19.1 Å². The van der Waals surface area contributed by atoms with Gasteiger partial charge in [-0.15, -0.1) is 12.6 Å². The molecule has 3 heterocycles. The smallest absolute Gasteiger partial charge is 0.278 e. The van der Waals surface area contributed by atoms with Gasteiger partial charge in [0.1, 0.15) is 24.8 Å². The Bertz CT molecular complexity index is 1320. The van der Waals surface area contributed by atoms with E-state index in [1.165, 1.54) is 34.0 Å². The Morgan fingerprint density at radius 3 is 2.58 bits per heavy atom. The molecule has 1 amide bonds. The molecule has 1 aromatic heterocycles. The van der Waals surface area contributed by atoms with Crippen molar-refractivity contribution in [2.45, 2.75) is 4.87 Å². The molecule has 0 fully saturated rings. The number of aromatic hydroxyl groups is 1. The van der Waals surface area contributed by atoms with Crippen molar-refractivity contribution in [1.29, 1.82) is 0 Å². The van der Waals surface area contributed by atoms with Crippen molar-refractivity contribution in [2.24, 2.45) is 0 Å². The third-order valence-electron chi connectivity index (χ3n) is 5.82. The van der Waals surface area contributed by atoms with Crippen LogP contribution in [0, 0.1) is 5.82 Å². The van der Waals surface area contributed by atoms with Crippen molar-refractivity contribution >= 4 is 18.5 Å². The van der Waals surface area contributed by atoms with E-state index in [-0.39, 0.29) is 25.5 Å². The Hall–Kier alpha value is -3.72. The van der Waals surface area contributed by atoms with Crippen LogP contribution in [-0.4, -0.2) is 40.4 Å². The average Bonchev–Trinajstić information content (AvgIpc) is 2.84. The van der Waals surface area contributed by atoms with Crippen LogP contribution >= 0.6 is 12.6 Å². The fourth-order valence-corrected chi connectivity index (χ4v) is 4.67. The number of amides is 1. The fourth-order valence-electron chi connectivity index (χ4n) is 4.17. The largest absolute Gasteiger partial charge is 0.502 e. The number of benzene rings is 2. The second-order valence-electron chi connectivity index (χ2n) is 7.75. The van der Waals surface area contributed by atoms with Crippen LogP contribution in [0.5, 0.6) is 11.5 Å². The number of nitrogens with zero attached hydrogens (tertiary/aromatic N) is 3. The first-order valence-electron chi connectivity index (χ1n) is 10.3. The van der Waals surface area contributed by atoms with Crippen LogP contribution < -0.4 is 15.2 Å². The van der Waals surface area contributed by atoms with Gasteiger partial charge in [-0.2, -0.15) is 0 Å². The van der Waals surface area contributed by atoms with Crippen LogP contribution in [-0.2, 0) is 4.87 Å². The number of pyridine rings is 1. The molecule has 3 aromatic rings. The summed E-state index contributed by atoms with van der Waals surface area (Å²) in [6, 6.07) is 14.4. The van der Waals surface area contributed by atoms with Gasteiger partial charge >= 0.3 is 0 Å². The van der Waals surface area contributed by atoms with Crippen LogP contribution in [0.4, 0.5) is 4.39 Å². The monoisotopic (exact) mass is 465 g/mol. The average molecular weight is 466 g/mol. The third-order valence-corrected chi connectivity index (χ3v) is 6.55. The number of carbonyl (C=O) groups excluding carboxylic acids is 1. The predicted octanol–water partition coefficient (Wildman–Crippen LogP) is 2.82. The zero-order chi connectivity index (χ0) is 23.2. The number of halogens is 1. The summed E-state index contributed by atoms with van der Waals surface area (Å²) < 4.78 is 21.3. The molecule has 0 aliphatic carbocycles. The highest BCUT2D eigenvalue weighted by molar-refractivity contribution is 7.81. The summed E-state index contributed by atoms with van der Waals surface area (Å²) in [6.07, 6.45) is 5.01. The first-order valence-corrected chi connectivity index (χ1v) is 10.7. The minimum absolute atomic E-state index is 0.0771. The number of hydrogen-bond donors (Lipinski definition) is 2. The van der Waals surface area contributed by atoms with E-state index in [2.05, 4.69) is 0 Å². The Labute approximate surface area is 194 Å². The predicted molar refractivity (Wildman–Crippen MR) is 124 cm³/mol. The van der Waals surface area contributed by atoms with E-state index < -0.39 is 27.8 Å². The van der Waals surface area contributed by atoms with Crippen molar-refractivity contribution in [3.63, 3.8) is 0 Å². The van der Waals surface area contributed by atoms with Crippen LogP contribution in [0.3, 0.4) is 0 Å². The maximum absolute atomic E-state index is 13.8. The molecule has 2 aliphatic heterocycles. The highest BCUT2D eigenvalue weighted by Crippen LogP contribution is 2.44. The normalized spacial score (nSPS) is 20.8. The van der Waals surface area contributed by atoms with Gasteiger partial charge in [-0.25, -0.2) is 4.39 Å². The topological polar surface area (TPSA) is 75.0 Å². The molecule has 1 atom stereocenters. The van der Waals surface area contributed by atoms with Gasteiger partial charge in [0.15, 0.2) is 16.3 Å². The number of para-hydroxylation sites is 1. The quantitative estimate of drug-likeness (QED) is 0.427. The summed E-state index contributed by atoms with van der Waals surface area (Å²) in [5, 5.41) is 12.3. The first kappa shape index (κ1) is 21.1. The molecule has 7 nitrogen and oxygen atoms in total. The summed E-state index contributed by atoms with van der Waals surface area (Å²) in [4.78, 5) is 25.7. The van der Waals surface area contributed by atoms with Crippen molar-refractivity contribution in [2.75, 3.05) is 24.8 Å². The standard InChI is InChI=1S/C24H20FN3O4S/c25-17-9-7-16(8-10-17)24(33)18-5-1-2-6-20(18)32-14-4-3-12-26-15-28(24)27-13-11-19(29)22(30)21(27)23(26)31/h1-11,13,30,33H,12,14-15H2/b4-3-/t24-/m0/s1. The maximum Gasteiger partial charge on any atom is 0.278 e. The maximum atomic E-state index is 13.8. The highest BCUT2D eigenvalue weighted by atomic mass is 32.1. The van der Waals surface area contributed by atoms with E-state index >= 15 is 0 Å². The Balaban J connectivity index is 1.85. The Morgan fingerprint density at radius 1 is 1.03 bits per heavy atom. The summed E-state index contributed by atoms with van der Waals surface area (Å²) >= 11 is 5.14. The minimum atomic E-state index is -1.27. The lowest BCUT2D eigenvalue weighted by Crippen LogP contribution is -2.60. The van der Waals surface area contributed by atoms with Crippen molar-refractivity contribution in [3.05, 3.63) is 106 Å². The lowest BCUT2D eigenvalue weighted by Gasteiger charge is -2.48. The molecular weight excluding hydrogens is 445 g/mol. The highest BCUT2D eigenvalue weighted by Gasteiger charge is 2.45. The molecule has 33 heavy (non-hydrogen) atoms. The van der Waals surface area contributed by atoms with Crippen LogP contribution in [0.25, 0.3) is 0 Å². The SMILES string of the molecule is O=C1c2c(O)c(=O)ccn2N2CN1C/C=C\COc1ccccc1[C@@]2(S)c1ccc(F)cc1. The van der Waals surface area contributed by atoms with Crippen LogP contribution in [0.2, 0.25) is 0 Å². The summed E-state index contributed by atoms with van der Waals surface area (Å²) in [6.45, 7) is 0.570. The fraction of sp³-hybridized carbons (Fsp3) is 0.167.